The van der Waals surface area contributed by atoms with E-state index in [1.807, 2.05) is 6.07 Å². The summed E-state index contributed by atoms with van der Waals surface area (Å²) in [6, 6.07) is 6.23. The van der Waals surface area contributed by atoms with Crippen LogP contribution in [0.15, 0.2) is 18.2 Å². The molecule has 4 heteroatoms. The maximum atomic E-state index is 12.8. The van der Waals surface area contributed by atoms with Crippen molar-refractivity contribution in [3.05, 3.63) is 34.9 Å². The molecule has 3 aliphatic rings. The Morgan fingerprint density at radius 3 is 2.64 bits per heavy atom. The molecule has 0 atom stereocenters. The van der Waals surface area contributed by atoms with Crippen LogP contribution in [0.4, 0.5) is 0 Å². The zero-order valence-corrected chi connectivity index (χ0v) is 13.9. The fourth-order valence-corrected chi connectivity index (χ4v) is 4.43. The Morgan fingerprint density at radius 1 is 1.05 bits per heavy atom. The molecule has 2 heterocycles. The van der Waals surface area contributed by atoms with Crippen molar-refractivity contribution in [1.82, 2.24) is 10.2 Å². The van der Waals surface area contributed by atoms with Crippen molar-refractivity contribution in [2.45, 2.75) is 51.6 Å². The van der Waals surface area contributed by atoms with Gasteiger partial charge in [-0.1, -0.05) is 25.3 Å². The molecule has 2 aliphatic heterocycles. The molecule has 0 unspecified atom stereocenters. The molecule has 3 nitrogen and oxygen atoms in total. The van der Waals surface area contributed by atoms with E-state index in [9.17, 15) is 4.79 Å². The Bertz CT molecular complexity index is 566. The van der Waals surface area contributed by atoms with E-state index in [1.54, 1.807) is 0 Å². The van der Waals surface area contributed by atoms with Crippen LogP contribution < -0.4 is 5.32 Å². The highest BCUT2D eigenvalue weighted by molar-refractivity contribution is 5.94. The van der Waals surface area contributed by atoms with Gasteiger partial charge < -0.3 is 10.2 Å². The number of likely N-dealkylation sites (tertiary alicyclic amines) is 1. The van der Waals surface area contributed by atoms with Crippen LogP contribution in [0.5, 0.6) is 0 Å². The molecule has 2 fully saturated rings. The number of fused-ring (bicyclic) bond motifs is 1. The molecule has 120 valence electrons. The fraction of sp³-hybridized carbons (Fsp3) is 0.611. The van der Waals surface area contributed by atoms with Gasteiger partial charge in [0.2, 0.25) is 0 Å². The third-order valence-electron chi connectivity index (χ3n) is 5.72. The molecule has 1 aliphatic carbocycles. The summed E-state index contributed by atoms with van der Waals surface area (Å²) in [7, 11) is 0. The van der Waals surface area contributed by atoms with Crippen LogP contribution in [0, 0.1) is 5.41 Å². The lowest BCUT2D eigenvalue weighted by Crippen LogP contribution is -2.33. The predicted molar refractivity (Wildman–Crippen MR) is 90.3 cm³/mol. The first-order chi connectivity index (χ1) is 10.3. The number of nitrogens with one attached hydrogen (secondary N) is 1. The molecule has 1 N–H and O–H groups in total. The summed E-state index contributed by atoms with van der Waals surface area (Å²) in [4.78, 5) is 14.9. The molecule has 1 saturated carbocycles. The highest BCUT2D eigenvalue weighted by atomic mass is 35.5. The zero-order chi connectivity index (χ0) is 14.3. The normalized spacial score (nSPS) is 22.5. The molecule has 0 radical (unpaired) electrons. The van der Waals surface area contributed by atoms with Gasteiger partial charge in [0, 0.05) is 31.7 Å². The number of hydrogen-bond donors (Lipinski definition) is 1. The monoisotopic (exact) mass is 320 g/mol. The minimum atomic E-state index is 0. The van der Waals surface area contributed by atoms with Crippen LogP contribution >= 0.6 is 12.4 Å². The second-order valence-electron chi connectivity index (χ2n) is 7.12. The summed E-state index contributed by atoms with van der Waals surface area (Å²) in [6.45, 7) is 3.78. The summed E-state index contributed by atoms with van der Waals surface area (Å²) >= 11 is 0. The van der Waals surface area contributed by atoms with Gasteiger partial charge in [-0.25, -0.2) is 0 Å². The Balaban J connectivity index is 0.00000144. The highest BCUT2D eigenvalue weighted by Crippen LogP contribution is 2.43. The Kier molecular flexibility index (Phi) is 4.47. The predicted octanol–water partition coefficient (Wildman–Crippen LogP) is 3.51. The lowest BCUT2D eigenvalue weighted by Gasteiger charge is -2.33. The van der Waals surface area contributed by atoms with E-state index in [-0.39, 0.29) is 18.3 Å². The van der Waals surface area contributed by atoms with Gasteiger partial charge in [0.1, 0.15) is 0 Å². The molecule has 1 amide bonds. The molecule has 1 aromatic rings. The average molecular weight is 321 g/mol. The van der Waals surface area contributed by atoms with Crippen LogP contribution in [-0.2, 0) is 13.1 Å². The van der Waals surface area contributed by atoms with Crippen molar-refractivity contribution in [2.24, 2.45) is 5.41 Å². The number of benzene rings is 1. The van der Waals surface area contributed by atoms with Crippen molar-refractivity contribution in [1.29, 1.82) is 0 Å². The van der Waals surface area contributed by atoms with Gasteiger partial charge in [0.25, 0.3) is 5.91 Å². The number of carbonyl (C=O) groups excluding carboxylic acids is 1. The van der Waals surface area contributed by atoms with Gasteiger partial charge >= 0.3 is 0 Å². The average Bonchev–Trinajstić information content (AvgIpc) is 3.14. The smallest absolute Gasteiger partial charge is 0.253 e. The SMILES string of the molecule is Cl.O=C(c1ccc2c(c1)CNC2)N1CCC2(CCCCC2)C1. The molecule has 0 bridgehead atoms. The Hall–Kier alpha value is -1.06. The lowest BCUT2D eigenvalue weighted by atomic mass is 9.73. The second kappa shape index (κ2) is 6.21. The molecule has 0 aromatic heterocycles. The highest BCUT2D eigenvalue weighted by Gasteiger charge is 2.40. The summed E-state index contributed by atoms with van der Waals surface area (Å²) in [5.74, 6) is 0.243. The van der Waals surface area contributed by atoms with E-state index in [0.717, 1.165) is 31.7 Å². The van der Waals surface area contributed by atoms with Crippen molar-refractivity contribution in [2.75, 3.05) is 13.1 Å². The molecule has 22 heavy (non-hydrogen) atoms. The first kappa shape index (κ1) is 15.8. The number of amides is 1. The van der Waals surface area contributed by atoms with Crippen LogP contribution in [0.3, 0.4) is 0 Å². The Morgan fingerprint density at radius 2 is 1.82 bits per heavy atom. The van der Waals surface area contributed by atoms with E-state index in [2.05, 4.69) is 22.3 Å². The number of nitrogens with zero attached hydrogens (tertiary/aromatic N) is 1. The van der Waals surface area contributed by atoms with Crippen LogP contribution in [0.1, 0.15) is 60.0 Å². The van der Waals surface area contributed by atoms with Crippen LogP contribution in [-0.4, -0.2) is 23.9 Å². The Labute approximate surface area is 138 Å². The van der Waals surface area contributed by atoms with Crippen LogP contribution in [0.25, 0.3) is 0 Å². The molecule has 1 saturated heterocycles. The van der Waals surface area contributed by atoms with Gasteiger partial charge in [-0.2, -0.15) is 0 Å². The van der Waals surface area contributed by atoms with Gasteiger partial charge in [0.15, 0.2) is 0 Å². The van der Waals surface area contributed by atoms with Crippen molar-refractivity contribution < 1.29 is 4.79 Å². The molecule has 1 aromatic carbocycles. The van der Waals surface area contributed by atoms with E-state index in [0.29, 0.717) is 5.41 Å². The van der Waals surface area contributed by atoms with Crippen molar-refractivity contribution >= 4 is 18.3 Å². The van der Waals surface area contributed by atoms with E-state index in [1.165, 1.54) is 49.7 Å². The maximum Gasteiger partial charge on any atom is 0.253 e. The van der Waals surface area contributed by atoms with Crippen molar-refractivity contribution in [3.63, 3.8) is 0 Å². The van der Waals surface area contributed by atoms with E-state index >= 15 is 0 Å². The first-order valence-corrected chi connectivity index (χ1v) is 8.38. The minimum absolute atomic E-state index is 0. The van der Waals surface area contributed by atoms with Gasteiger partial charge in [-0.3, -0.25) is 4.79 Å². The fourth-order valence-electron chi connectivity index (χ4n) is 4.43. The standard InChI is InChI=1S/C18H24N2O.ClH/c21-17(14-4-5-15-11-19-12-16(15)10-14)20-9-8-18(13-20)6-2-1-3-7-18;/h4-5,10,19H,1-3,6-9,11-13H2;1H. The third kappa shape index (κ3) is 2.77. The number of halogens is 1. The second-order valence-corrected chi connectivity index (χ2v) is 7.12. The number of carbonyl (C=O) groups is 1. The molecular formula is C18H25ClN2O. The minimum Gasteiger partial charge on any atom is -0.338 e. The number of hydrogen-bond acceptors (Lipinski definition) is 2. The summed E-state index contributed by atoms with van der Waals surface area (Å²) < 4.78 is 0. The van der Waals surface area contributed by atoms with Gasteiger partial charge in [-0.15, -0.1) is 12.4 Å². The zero-order valence-electron chi connectivity index (χ0n) is 13.1. The van der Waals surface area contributed by atoms with Gasteiger partial charge in [0.05, 0.1) is 0 Å². The largest absolute Gasteiger partial charge is 0.338 e. The van der Waals surface area contributed by atoms with Crippen LogP contribution in [0.2, 0.25) is 0 Å². The third-order valence-corrected chi connectivity index (χ3v) is 5.72. The molecular weight excluding hydrogens is 296 g/mol. The summed E-state index contributed by atoms with van der Waals surface area (Å²) in [5, 5.41) is 3.35. The van der Waals surface area contributed by atoms with Gasteiger partial charge in [-0.05, 0) is 47.9 Å². The first-order valence-electron chi connectivity index (χ1n) is 8.38. The summed E-state index contributed by atoms with van der Waals surface area (Å²) in [6.07, 6.45) is 7.95. The topological polar surface area (TPSA) is 32.3 Å². The lowest BCUT2D eigenvalue weighted by molar-refractivity contribution is 0.0759. The number of rotatable bonds is 1. The molecule has 4 rings (SSSR count). The van der Waals surface area contributed by atoms with E-state index in [4.69, 9.17) is 0 Å². The molecule has 1 spiro atoms. The van der Waals surface area contributed by atoms with E-state index < -0.39 is 0 Å². The summed E-state index contributed by atoms with van der Waals surface area (Å²) in [5.41, 5.74) is 3.97. The maximum absolute atomic E-state index is 12.8. The quantitative estimate of drug-likeness (QED) is 0.859. The van der Waals surface area contributed by atoms with Crippen molar-refractivity contribution in [3.8, 4) is 0 Å².